The topological polar surface area (TPSA) is 68.0 Å². The van der Waals surface area contributed by atoms with Gasteiger partial charge < -0.3 is 9.84 Å². The van der Waals surface area contributed by atoms with Crippen LogP contribution in [0.15, 0.2) is 22.7 Å². The Bertz CT molecular complexity index is 595. The van der Waals surface area contributed by atoms with E-state index in [0.717, 1.165) is 0 Å². The zero-order valence-corrected chi connectivity index (χ0v) is 10.7. The van der Waals surface area contributed by atoms with Gasteiger partial charge in [-0.1, -0.05) is 5.16 Å². The third-order valence-electron chi connectivity index (χ3n) is 2.63. The molecule has 0 atom stereocenters. The lowest BCUT2D eigenvalue weighted by atomic mass is 10.1. The summed E-state index contributed by atoms with van der Waals surface area (Å²) in [7, 11) is 0. The number of carbonyl (C=O) groups is 1. The number of hydrogen-bond donors (Lipinski definition) is 1. The molecule has 5 nitrogen and oxygen atoms in total. The Morgan fingerprint density at radius 2 is 2.21 bits per heavy atom. The lowest BCUT2D eigenvalue weighted by molar-refractivity contribution is 0.0952. The molecule has 19 heavy (non-hydrogen) atoms. The molecule has 1 heterocycles. The van der Waals surface area contributed by atoms with Gasteiger partial charge in [0.2, 0.25) is 5.89 Å². The van der Waals surface area contributed by atoms with Crippen LogP contribution in [0.5, 0.6) is 0 Å². The molecular weight excluding hydrogens is 249 g/mol. The van der Waals surface area contributed by atoms with Crippen molar-refractivity contribution in [2.75, 3.05) is 6.54 Å². The highest BCUT2D eigenvalue weighted by molar-refractivity contribution is 5.95. The average molecular weight is 263 g/mol. The maximum absolute atomic E-state index is 12.9. The van der Waals surface area contributed by atoms with Gasteiger partial charge >= 0.3 is 0 Å². The second kappa shape index (κ2) is 5.60. The molecule has 0 unspecified atom stereocenters. The van der Waals surface area contributed by atoms with Crippen LogP contribution in [-0.2, 0) is 6.42 Å². The Morgan fingerprint density at radius 3 is 2.84 bits per heavy atom. The molecule has 0 aliphatic heterocycles. The number of carbonyl (C=O) groups excluding carboxylic acids is 1. The van der Waals surface area contributed by atoms with Crippen LogP contribution in [0.1, 0.15) is 27.6 Å². The normalized spacial score (nSPS) is 10.5. The molecule has 0 saturated carbocycles. The standard InChI is InChI=1S/C13H14FN3O2/c1-8-7-10(14)3-4-11(8)13(18)15-6-5-12-16-9(2)17-19-12/h3-4,7H,5-6H2,1-2H3,(H,15,18). The quantitative estimate of drug-likeness (QED) is 0.913. The summed E-state index contributed by atoms with van der Waals surface area (Å²) in [4.78, 5) is 15.9. The van der Waals surface area contributed by atoms with Crippen molar-refractivity contribution in [1.29, 1.82) is 0 Å². The van der Waals surface area contributed by atoms with E-state index in [1.807, 2.05) is 0 Å². The number of hydrogen-bond acceptors (Lipinski definition) is 4. The fourth-order valence-corrected chi connectivity index (χ4v) is 1.70. The van der Waals surface area contributed by atoms with Crippen molar-refractivity contribution in [3.05, 3.63) is 46.9 Å². The fraction of sp³-hybridized carbons (Fsp3) is 0.308. The molecular formula is C13H14FN3O2. The Labute approximate surface area is 109 Å². The predicted octanol–water partition coefficient (Wildman–Crippen LogP) is 1.80. The van der Waals surface area contributed by atoms with E-state index in [1.54, 1.807) is 13.8 Å². The molecule has 0 spiro atoms. The summed E-state index contributed by atoms with van der Waals surface area (Å²) in [6.45, 7) is 3.81. The van der Waals surface area contributed by atoms with Gasteiger partial charge in [-0.2, -0.15) is 4.98 Å². The minimum Gasteiger partial charge on any atom is -0.352 e. The lowest BCUT2D eigenvalue weighted by Gasteiger charge is -2.06. The van der Waals surface area contributed by atoms with Crippen molar-refractivity contribution < 1.29 is 13.7 Å². The van der Waals surface area contributed by atoms with Crippen LogP contribution in [-0.4, -0.2) is 22.6 Å². The van der Waals surface area contributed by atoms with E-state index in [1.165, 1.54) is 18.2 Å². The SMILES string of the molecule is Cc1noc(CCNC(=O)c2ccc(F)cc2C)n1. The highest BCUT2D eigenvalue weighted by atomic mass is 19.1. The van der Waals surface area contributed by atoms with E-state index in [0.29, 0.717) is 35.8 Å². The smallest absolute Gasteiger partial charge is 0.251 e. The van der Waals surface area contributed by atoms with Crippen LogP contribution in [0, 0.1) is 19.7 Å². The van der Waals surface area contributed by atoms with Gasteiger partial charge in [-0.3, -0.25) is 4.79 Å². The lowest BCUT2D eigenvalue weighted by Crippen LogP contribution is -2.26. The molecule has 0 saturated heterocycles. The summed E-state index contributed by atoms with van der Waals surface area (Å²) >= 11 is 0. The number of nitrogens with one attached hydrogen (secondary N) is 1. The van der Waals surface area contributed by atoms with Gasteiger partial charge in [-0.15, -0.1) is 0 Å². The minimum absolute atomic E-state index is 0.242. The van der Waals surface area contributed by atoms with E-state index in [4.69, 9.17) is 4.52 Å². The first-order valence-electron chi connectivity index (χ1n) is 5.90. The van der Waals surface area contributed by atoms with Crippen molar-refractivity contribution in [1.82, 2.24) is 15.5 Å². The largest absolute Gasteiger partial charge is 0.352 e. The number of benzene rings is 1. The Kier molecular flexibility index (Phi) is 3.89. The summed E-state index contributed by atoms with van der Waals surface area (Å²) in [6.07, 6.45) is 0.465. The molecule has 6 heteroatoms. The van der Waals surface area contributed by atoms with Gasteiger partial charge in [-0.05, 0) is 37.6 Å². The Balaban J connectivity index is 1.90. The molecule has 0 aliphatic carbocycles. The minimum atomic E-state index is -0.351. The zero-order valence-electron chi connectivity index (χ0n) is 10.7. The summed E-state index contributed by atoms with van der Waals surface area (Å²) in [6, 6.07) is 4.07. The number of nitrogens with zero attached hydrogens (tertiary/aromatic N) is 2. The van der Waals surface area contributed by atoms with Crippen LogP contribution >= 0.6 is 0 Å². The highest BCUT2D eigenvalue weighted by Gasteiger charge is 2.10. The summed E-state index contributed by atoms with van der Waals surface area (Å²) < 4.78 is 17.9. The van der Waals surface area contributed by atoms with Crippen molar-refractivity contribution >= 4 is 5.91 Å². The molecule has 100 valence electrons. The second-order valence-corrected chi connectivity index (χ2v) is 4.20. The predicted molar refractivity (Wildman–Crippen MR) is 66.2 cm³/mol. The van der Waals surface area contributed by atoms with Crippen LogP contribution in [0.25, 0.3) is 0 Å². The molecule has 0 aliphatic rings. The molecule has 0 radical (unpaired) electrons. The first-order valence-corrected chi connectivity index (χ1v) is 5.90. The monoisotopic (exact) mass is 263 g/mol. The number of halogens is 1. The third-order valence-corrected chi connectivity index (χ3v) is 2.63. The van der Waals surface area contributed by atoms with Crippen LogP contribution < -0.4 is 5.32 Å². The van der Waals surface area contributed by atoms with E-state index < -0.39 is 0 Å². The molecule has 1 aromatic carbocycles. The van der Waals surface area contributed by atoms with Gasteiger partial charge in [0.1, 0.15) is 5.82 Å². The maximum atomic E-state index is 12.9. The van der Waals surface area contributed by atoms with E-state index in [2.05, 4.69) is 15.5 Å². The molecule has 2 aromatic rings. The Hall–Kier alpha value is -2.24. The average Bonchev–Trinajstić information content (AvgIpc) is 2.75. The van der Waals surface area contributed by atoms with Crippen molar-refractivity contribution in [3.63, 3.8) is 0 Å². The fourth-order valence-electron chi connectivity index (χ4n) is 1.70. The number of aryl methyl sites for hydroxylation is 2. The number of amides is 1. The van der Waals surface area contributed by atoms with Crippen molar-refractivity contribution in [2.24, 2.45) is 0 Å². The van der Waals surface area contributed by atoms with Gasteiger partial charge in [0.05, 0.1) is 0 Å². The summed E-state index contributed by atoms with van der Waals surface area (Å²) in [5.74, 6) is 0.452. The molecule has 0 fully saturated rings. The van der Waals surface area contributed by atoms with Gasteiger partial charge in [0.15, 0.2) is 5.82 Å². The summed E-state index contributed by atoms with van der Waals surface area (Å²) in [5.41, 5.74) is 1.06. The molecule has 2 rings (SSSR count). The van der Waals surface area contributed by atoms with Crippen LogP contribution in [0.2, 0.25) is 0 Å². The first-order chi connectivity index (χ1) is 9.06. The van der Waals surface area contributed by atoms with E-state index in [-0.39, 0.29) is 11.7 Å². The third kappa shape index (κ3) is 3.37. The molecule has 1 amide bonds. The van der Waals surface area contributed by atoms with Gasteiger partial charge in [0, 0.05) is 18.5 Å². The molecule has 1 aromatic heterocycles. The molecule has 0 bridgehead atoms. The maximum Gasteiger partial charge on any atom is 0.251 e. The van der Waals surface area contributed by atoms with E-state index >= 15 is 0 Å². The van der Waals surface area contributed by atoms with Crippen molar-refractivity contribution in [2.45, 2.75) is 20.3 Å². The first kappa shape index (κ1) is 13.2. The molecule has 1 N–H and O–H groups in total. The van der Waals surface area contributed by atoms with Crippen LogP contribution in [0.3, 0.4) is 0 Å². The van der Waals surface area contributed by atoms with Gasteiger partial charge in [-0.25, -0.2) is 4.39 Å². The highest BCUT2D eigenvalue weighted by Crippen LogP contribution is 2.09. The number of rotatable bonds is 4. The number of aromatic nitrogens is 2. The van der Waals surface area contributed by atoms with Gasteiger partial charge in [0.25, 0.3) is 5.91 Å². The Morgan fingerprint density at radius 1 is 1.42 bits per heavy atom. The summed E-state index contributed by atoms with van der Waals surface area (Å²) in [5, 5.41) is 6.38. The van der Waals surface area contributed by atoms with E-state index in [9.17, 15) is 9.18 Å². The zero-order chi connectivity index (χ0) is 13.8. The second-order valence-electron chi connectivity index (χ2n) is 4.20. The van der Waals surface area contributed by atoms with Crippen molar-refractivity contribution in [3.8, 4) is 0 Å². The van der Waals surface area contributed by atoms with Crippen LogP contribution in [0.4, 0.5) is 4.39 Å².